The standard InChI is InChI=1S/C6H5N3O/c7-5-3-1-9-6(10)4(3)2-8-5/h1-2H,(H2,7,8)(H,9,10). The van der Waals surface area contributed by atoms with Crippen molar-refractivity contribution in [1.82, 2.24) is 10.6 Å². The highest BCUT2D eigenvalue weighted by atomic mass is 16.1. The Morgan fingerprint density at radius 3 is 2.60 bits per heavy atom. The molecule has 0 unspecified atom stereocenters. The summed E-state index contributed by atoms with van der Waals surface area (Å²) in [4.78, 5) is 10.8. The number of nitrogens with one attached hydrogen (secondary N) is 3. The van der Waals surface area contributed by atoms with Crippen LogP contribution < -0.4 is 10.6 Å². The quantitative estimate of drug-likeness (QED) is 0.418. The Balaban J connectivity index is 2.50. The fourth-order valence-electron chi connectivity index (χ4n) is 0.988. The minimum atomic E-state index is -0.134. The summed E-state index contributed by atoms with van der Waals surface area (Å²) in [7, 11) is 0. The molecule has 4 heteroatoms. The van der Waals surface area contributed by atoms with Gasteiger partial charge < -0.3 is 10.6 Å². The summed E-state index contributed by atoms with van der Waals surface area (Å²) in [5, 5.41) is 12.4. The molecule has 0 saturated heterocycles. The highest BCUT2D eigenvalue weighted by molar-refractivity contribution is 6.18. The molecule has 0 aliphatic carbocycles. The molecular weight excluding hydrogens is 130 g/mol. The van der Waals surface area contributed by atoms with Crippen LogP contribution in [0.25, 0.3) is 0 Å². The van der Waals surface area contributed by atoms with Gasteiger partial charge in [0, 0.05) is 18.0 Å². The van der Waals surface area contributed by atoms with Gasteiger partial charge in [-0.2, -0.15) is 0 Å². The van der Waals surface area contributed by atoms with E-state index in [4.69, 9.17) is 5.41 Å². The second-order valence-corrected chi connectivity index (χ2v) is 2.11. The van der Waals surface area contributed by atoms with Crippen LogP contribution in [-0.2, 0) is 4.79 Å². The van der Waals surface area contributed by atoms with Gasteiger partial charge in [0.05, 0.1) is 5.57 Å². The van der Waals surface area contributed by atoms with E-state index >= 15 is 0 Å². The predicted octanol–water partition coefficient (Wildman–Crippen LogP) is -0.536. The number of amides is 1. The van der Waals surface area contributed by atoms with Gasteiger partial charge in [-0.15, -0.1) is 0 Å². The Kier molecular flexibility index (Phi) is 0.768. The maximum absolute atomic E-state index is 10.8. The van der Waals surface area contributed by atoms with Crippen LogP contribution in [-0.4, -0.2) is 11.7 Å². The zero-order chi connectivity index (χ0) is 7.14. The predicted molar refractivity (Wildman–Crippen MR) is 35.2 cm³/mol. The van der Waals surface area contributed by atoms with Crippen molar-refractivity contribution in [2.75, 3.05) is 0 Å². The van der Waals surface area contributed by atoms with Crippen LogP contribution in [0.1, 0.15) is 0 Å². The number of fused-ring (bicyclic) bond motifs is 1. The zero-order valence-electron chi connectivity index (χ0n) is 5.06. The van der Waals surface area contributed by atoms with Gasteiger partial charge in [-0.25, -0.2) is 0 Å². The first-order chi connectivity index (χ1) is 4.79. The Morgan fingerprint density at radius 1 is 1.20 bits per heavy atom. The van der Waals surface area contributed by atoms with E-state index in [1.54, 1.807) is 0 Å². The van der Waals surface area contributed by atoms with Gasteiger partial charge in [0.2, 0.25) is 0 Å². The van der Waals surface area contributed by atoms with Gasteiger partial charge in [0.25, 0.3) is 5.91 Å². The number of rotatable bonds is 0. The van der Waals surface area contributed by atoms with Crippen molar-refractivity contribution in [3.8, 4) is 0 Å². The van der Waals surface area contributed by atoms with E-state index in [1.165, 1.54) is 12.4 Å². The Labute approximate surface area is 57.1 Å². The van der Waals surface area contributed by atoms with Gasteiger partial charge in [-0.1, -0.05) is 0 Å². The minimum absolute atomic E-state index is 0.134. The summed E-state index contributed by atoms with van der Waals surface area (Å²) < 4.78 is 0. The van der Waals surface area contributed by atoms with Crippen LogP contribution in [0.5, 0.6) is 0 Å². The van der Waals surface area contributed by atoms with Gasteiger partial charge in [-0.3, -0.25) is 10.2 Å². The number of hydrogen-bond donors (Lipinski definition) is 3. The van der Waals surface area contributed by atoms with Crippen LogP contribution in [0, 0.1) is 5.41 Å². The van der Waals surface area contributed by atoms with E-state index in [0.29, 0.717) is 11.1 Å². The summed E-state index contributed by atoms with van der Waals surface area (Å²) in [6.45, 7) is 0. The molecule has 0 radical (unpaired) electrons. The average Bonchev–Trinajstić information content (AvgIpc) is 2.41. The first-order valence-corrected chi connectivity index (χ1v) is 2.86. The molecule has 2 aliphatic heterocycles. The molecule has 2 rings (SSSR count). The second kappa shape index (κ2) is 1.47. The molecule has 0 aromatic rings. The van der Waals surface area contributed by atoms with E-state index in [9.17, 15) is 4.79 Å². The number of carbonyl (C=O) groups excluding carboxylic acids is 1. The Hall–Kier alpha value is -1.58. The molecule has 1 amide bonds. The van der Waals surface area contributed by atoms with E-state index in [-0.39, 0.29) is 11.7 Å². The lowest BCUT2D eigenvalue weighted by Gasteiger charge is -1.89. The summed E-state index contributed by atoms with van der Waals surface area (Å²) in [6.07, 6.45) is 3.08. The highest BCUT2D eigenvalue weighted by Crippen LogP contribution is 2.18. The minimum Gasteiger partial charge on any atom is -0.346 e. The van der Waals surface area contributed by atoms with Crippen LogP contribution in [0.2, 0.25) is 0 Å². The van der Waals surface area contributed by atoms with Crippen LogP contribution in [0.15, 0.2) is 23.5 Å². The van der Waals surface area contributed by atoms with E-state index < -0.39 is 0 Å². The molecule has 50 valence electrons. The molecule has 2 heterocycles. The molecule has 0 aromatic carbocycles. The number of carbonyl (C=O) groups is 1. The largest absolute Gasteiger partial charge is 0.346 e. The number of amidine groups is 1. The van der Waals surface area contributed by atoms with Crippen LogP contribution in [0.4, 0.5) is 0 Å². The van der Waals surface area contributed by atoms with Crippen LogP contribution in [0.3, 0.4) is 0 Å². The Morgan fingerprint density at radius 2 is 1.90 bits per heavy atom. The van der Waals surface area contributed by atoms with Crippen molar-refractivity contribution in [3.63, 3.8) is 0 Å². The fourth-order valence-corrected chi connectivity index (χ4v) is 0.988. The molecule has 0 bridgehead atoms. The Bertz CT molecular complexity index is 257. The molecule has 3 N–H and O–H groups in total. The maximum Gasteiger partial charge on any atom is 0.257 e. The molecule has 0 atom stereocenters. The molecule has 0 aromatic heterocycles. The third kappa shape index (κ3) is 0.452. The summed E-state index contributed by atoms with van der Waals surface area (Å²) in [6, 6.07) is 0. The van der Waals surface area contributed by atoms with E-state index in [0.717, 1.165) is 0 Å². The van der Waals surface area contributed by atoms with Gasteiger partial charge in [-0.05, 0) is 0 Å². The van der Waals surface area contributed by atoms with Gasteiger partial charge in [0.15, 0.2) is 0 Å². The lowest BCUT2D eigenvalue weighted by atomic mass is 10.2. The third-order valence-corrected chi connectivity index (χ3v) is 1.51. The van der Waals surface area contributed by atoms with E-state index in [2.05, 4.69) is 10.6 Å². The van der Waals surface area contributed by atoms with Crippen molar-refractivity contribution < 1.29 is 4.79 Å². The summed E-state index contributed by atoms with van der Waals surface area (Å²) >= 11 is 0. The van der Waals surface area contributed by atoms with Gasteiger partial charge >= 0.3 is 0 Å². The van der Waals surface area contributed by atoms with Gasteiger partial charge in [0.1, 0.15) is 5.84 Å². The van der Waals surface area contributed by atoms with E-state index in [1.807, 2.05) is 0 Å². The molecule has 10 heavy (non-hydrogen) atoms. The zero-order valence-corrected chi connectivity index (χ0v) is 5.06. The van der Waals surface area contributed by atoms with Crippen molar-refractivity contribution in [3.05, 3.63) is 23.5 Å². The first kappa shape index (κ1) is 5.22. The monoisotopic (exact) mass is 135 g/mol. The second-order valence-electron chi connectivity index (χ2n) is 2.11. The van der Waals surface area contributed by atoms with Crippen molar-refractivity contribution in [2.24, 2.45) is 0 Å². The molecule has 0 saturated carbocycles. The summed E-state index contributed by atoms with van der Waals surface area (Å²) in [5.74, 6) is 0.151. The molecule has 0 spiro atoms. The molecule has 4 nitrogen and oxygen atoms in total. The third-order valence-electron chi connectivity index (χ3n) is 1.51. The highest BCUT2D eigenvalue weighted by Gasteiger charge is 2.27. The average molecular weight is 135 g/mol. The normalized spacial score (nSPS) is 21.2. The molecular formula is C6H5N3O. The number of hydrogen-bond acceptors (Lipinski definition) is 2. The smallest absolute Gasteiger partial charge is 0.257 e. The van der Waals surface area contributed by atoms with Crippen LogP contribution >= 0.6 is 0 Å². The lowest BCUT2D eigenvalue weighted by Crippen LogP contribution is -2.13. The maximum atomic E-state index is 10.8. The SMILES string of the molecule is N=C1NC=C2C(=O)NC=C12. The van der Waals surface area contributed by atoms with Crippen molar-refractivity contribution in [1.29, 1.82) is 5.41 Å². The molecule has 0 fully saturated rings. The first-order valence-electron chi connectivity index (χ1n) is 2.86. The fraction of sp³-hybridized carbons (Fsp3) is 0. The summed E-state index contributed by atoms with van der Waals surface area (Å²) in [5.41, 5.74) is 1.22. The van der Waals surface area contributed by atoms with Crippen molar-refractivity contribution in [2.45, 2.75) is 0 Å². The van der Waals surface area contributed by atoms with Crippen molar-refractivity contribution >= 4 is 11.7 Å². The topological polar surface area (TPSA) is 65.0 Å². The lowest BCUT2D eigenvalue weighted by molar-refractivity contribution is -0.115. The molecule has 2 aliphatic rings.